The van der Waals surface area contributed by atoms with Crippen LogP contribution in [0.1, 0.15) is 34.0 Å². The molecule has 0 unspecified atom stereocenters. The van der Waals surface area contributed by atoms with E-state index in [1.54, 1.807) is 19.4 Å². The van der Waals surface area contributed by atoms with Gasteiger partial charge in [0.05, 0.1) is 31.4 Å². The number of amides is 1. The summed E-state index contributed by atoms with van der Waals surface area (Å²) in [7, 11) is 1.63. The van der Waals surface area contributed by atoms with Crippen molar-refractivity contribution >= 4 is 11.7 Å². The molecule has 3 aromatic rings. The third kappa shape index (κ3) is 5.38. The summed E-state index contributed by atoms with van der Waals surface area (Å²) in [5.74, 6) is 0.706. The Kier molecular flexibility index (Phi) is 7.45. The summed E-state index contributed by atoms with van der Waals surface area (Å²) in [4.78, 5) is 17.4. The molecular weight excluding hydrogens is 428 g/mol. The lowest BCUT2D eigenvalue weighted by Crippen LogP contribution is -2.44. The van der Waals surface area contributed by atoms with Crippen LogP contribution in [0.5, 0.6) is 5.75 Å². The minimum atomic E-state index is -0.258. The molecule has 178 valence electrons. The van der Waals surface area contributed by atoms with Crippen LogP contribution in [0.2, 0.25) is 0 Å². The van der Waals surface area contributed by atoms with Crippen molar-refractivity contribution in [1.29, 1.82) is 0 Å². The molecule has 4 N–H and O–H groups in total. The number of aromatic nitrogens is 1. The molecule has 0 radical (unpaired) electrons. The Labute approximate surface area is 200 Å². The van der Waals surface area contributed by atoms with E-state index in [0.717, 1.165) is 28.9 Å². The highest BCUT2D eigenvalue weighted by Gasteiger charge is 2.30. The van der Waals surface area contributed by atoms with E-state index in [9.17, 15) is 4.79 Å². The largest absolute Gasteiger partial charge is 0.497 e. The Balaban J connectivity index is 1.43. The van der Waals surface area contributed by atoms with Gasteiger partial charge in [-0.25, -0.2) is 4.98 Å². The highest BCUT2D eigenvalue weighted by molar-refractivity contribution is 5.99. The molecule has 0 bridgehead atoms. The fraction of sp³-hybridized carbons (Fsp3) is 0.333. The van der Waals surface area contributed by atoms with Crippen LogP contribution in [0, 0.1) is 6.92 Å². The molecule has 34 heavy (non-hydrogen) atoms. The molecule has 0 aliphatic carbocycles. The molecule has 1 aliphatic heterocycles. The van der Waals surface area contributed by atoms with Crippen LogP contribution in [0.4, 0.5) is 5.82 Å². The molecule has 2 atom stereocenters. The number of hydrogen-bond acceptors (Lipinski definition) is 6. The molecular formula is C27H32N4O3. The topological polar surface area (TPSA) is 98.5 Å². The number of nitrogens with zero attached hydrogens (tertiary/aromatic N) is 1. The van der Waals surface area contributed by atoms with E-state index < -0.39 is 0 Å². The van der Waals surface area contributed by atoms with Gasteiger partial charge in [-0.15, -0.1) is 0 Å². The van der Waals surface area contributed by atoms with Crippen LogP contribution in [0.25, 0.3) is 11.1 Å². The zero-order chi connectivity index (χ0) is 24.1. The van der Waals surface area contributed by atoms with Gasteiger partial charge in [0.1, 0.15) is 11.6 Å². The predicted molar refractivity (Wildman–Crippen MR) is 134 cm³/mol. The van der Waals surface area contributed by atoms with Crippen molar-refractivity contribution in [2.24, 2.45) is 0 Å². The fourth-order valence-corrected chi connectivity index (χ4v) is 4.22. The Morgan fingerprint density at radius 1 is 1.15 bits per heavy atom. The second-order valence-electron chi connectivity index (χ2n) is 8.59. The summed E-state index contributed by atoms with van der Waals surface area (Å²) in [6.07, 6.45) is 2.53. The number of carbonyl (C=O) groups is 1. The summed E-state index contributed by atoms with van der Waals surface area (Å²) in [5, 5.41) is 6.40. The van der Waals surface area contributed by atoms with E-state index in [2.05, 4.69) is 47.7 Å². The van der Waals surface area contributed by atoms with E-state index in [1.807, 2.05) is 24.3 Å². The molecule has 0 spiro atoms. The number of ether oxygens (including phenoxy) is 2. The zero-order valence-electron chi connectivity index (χ0n) is 19.9. The summed E-state index contributed by atoms with van der Waals surface area (Å²) in [5.41, 5.74) is 11.9. The molecule has 7 heteroatoms. The van der Waals surface area contributed by atoms with Gasteiger partial charge in [0.15, 0.2) is 0 Å². The fourth-order valence-electron chi connectivity index (χ4n) is 4.22. The lowest BCUT2D eigenvalue weighted by Gasteiger charge is -2.21. The SMILES string of the molecule is CCc1cc(CO[C@H]2CNC[C@@H]2NC(=O)c2cc(-c3ccc(OC)cc3)cnc2N)ccc1C. The molecule has 1 amide bonds. The van der Waals surface area contributed by atoms with Gasteiger partial charge >= 0.3 is 0 Å². The van der Waals surface area contributed by atoms with Crippen LogP contribution in [0.3, 0.4) is 0 Å². The number of aryl methyl sites for hydroxylation is 2. The zero-order valence-corrected chi connectivity index (χ0v) is 19.9. The van der Waals surface area contributed by atoms with Crippen molar-refractivity contribution in [1.82, 2.24) is 15.6 Å². The maximum absolute atomic E-state index is 13.1. The van der Waals surface area contributed by atoms with Crippen molar-refractivity contribution in [2.75, 3.05) is 25.9 Å². The first-order valence-corrected chi connectivity index (χ1v) is 11.6. The summed E-state index contributed by atoms with van der Waals surface area (Å²) >= 11 is 0. The van der Waals surface area contributed by atoms with Gasteiger partial charge in [0, 0.05) is 24.8 Å². The Morgan fingerprint density at radius 3 is 2.68 bits per heavy atom. The van der Waals surface area contributed by atoms with E-state index in [4.69, 9.17) is 15.2 Å². The van der Waals surface area contributed by atoms with Crippen LogP contribution in [0.15, 0.2) is 54.7 Å². The molecule has 2 aromatic carbocycles. The normalized spacial score (nSPS) is 17.5. The number of anilines is 1. The molecule has 4 rings (SSSR count). The number of nitrogen functional groups attached to an aromatic ring is 1. The first-order chi connectivity index (χ1) is 16.5. The third-order valence-corrected chi connectivity index (χ3v) is 6.32. The number of pyridine rings is 1. The van der Waals surface area contributed by atoms with E-state index in [1.165, 1.54) is 11.1 Å². The summed E-state index contributed by atoms with van der Waals surface area (Å²) in [6, 6.07) is 15.6. The number of methoxy groups -OCH3 is 1. The minimum absolute atomic E-state index is 0.130. The molecule has 1 fully saturated rings. The highest BCUT2D eigenvalue weighted by Crippen LogP contribution is 2.24. The van der Waals surface area contributed by atoms with Gasteiger partial charge in [-0.05, 0) is 53.8 Å². The maximum Gasteiger partial charge on any atom is 0.255 e. The number of nitrogens with one attached hydrogen (secondary N) is 2. The summed E-state index contributed by atoms with van der Waals surface area (Å²) < 4.78 is 11.4. The van der Waals surface area contributed by atoms with Gasteiger partial charge in [-0.2, -0.15) is 0 Å². The van der Waals surface area contributed by atoms with Gasteiger partial charge in [-0.1, -0.05) is 37.3 Å². The predicted octanol–water partition coefficient (Wildman–Crippen LogP) is 3.50. The quantitative estimate of drug-likeness (QED) is 0.476. The average molecular weight is 461 g/mol. The average Bonchev–Trinajstić information content (AvgIpc) is 3.30. The molecule has 0 saturated carbocycles. The van der Waals surface area contributed by atoms with Crippen LogP contribution >= 0.6 is 0 Å². The van der Waals surface area contributed by atoms with Crippen LogP contribution in [-0.2, 0) is 17.8 Å². The number of carbonyl (C=O) groups excluding carboxylic acids is 1. The standard InChI is InChI=1S/C27H32N4O3/c1-4-19-11-18(6-5-17(19)2)16-34-25-15-29-14-24(25)31-27(32)23-12-21(13-30-26(23)28)20-7-9-22(33-3)10-8-20/h5-13,24-25,29H,4,14-16H2,1-3H3,(H2,28,30)(H,31,32)/t24-,25-/m0/s1. The second kappa shape index (κ2) is 10.7. The number of benzene rings is 2. The Morgan fingerprint density at radius 2 is 1.94 bits per heavy atom. The third-order valence-electron chi connectivity index (χ3n) is 6.32. The van der Waals surface area contributed by atoms with Gasteiger partial charge < -0.3 is 25.8 Å². The van der Waals surface area contributed by atoms with Gasteiger partial charge in [0.25, 0.3) is 5.91 Å². The van der Waals surface area contributed by atoms with Crippen LogP contribution in [-0.4, -0.2) is 43.2 Å². The maximum atomic E-state index is 13.1. The van der Waals surface area contributed by atoms with E-state index in [-0.39, 0.29) is 23.9 Å². The lowest BCUT2D eigenvalue weighted by atomic mass is 10.0. The molecule has 1 saturated heterocycles. The number of hydrogen-bond donors (Lipinski definition) is 3. The van der Waals surface area contributed by atoms with Gasteiger partial charge in [-0.3, -0.25) is 4.79 Å². The lowest BCUT2D eigenvalue weighted by molar-refractivity contribution is 0.0357. The minimum Gasteiger partial charge on any atom is -0.497 e. The van der Waals surface area contributed by atoms with E-state index in [0.29, 0.717) is 25.3 Å². The van der Waals surface area contributed by atoms with Crippen LogP contribution < -0.4 is 21.1 Å². The molecule has 1 aromatic heterocycles. The summed E-state index contributed by atoms with van der Waals surface area (Å²) in [6.45, 7) is 6.10. The van der Waals surface area contributed by atoms with E-state index >= 15 is 0 Å². The first-order valence-electron chi connectivity index (χ1n) is 11.6. The van der Waals surface area contributed by atoms with Crippen molar-refractivity contribution in [2.45, 2.75) is 39.0 Å². The Bertz CT molecular complexity index is 1150. The smallest absolute Gasteiger partial charge is 0.255 e. The van der Waals surface area contributed by atoms with Crippen molar-refractivity contribution in [3.05, 3.63) is 77.0 Å². The van der Waals surface area contributed by atoms with Crippen molar-refractivity contribution < 1.29 is 14.3 Å². The highest BCUT2D eigenvalue weighted by atomic mass is 16.5. The monoisotopic (exact) mass is 460 g/mol. The first kappa shape index (κ1) is 23.7. The molecule has 7 nitrogen and oxygen atoms in total. The van der Waals surface area contributed by atoms with Crippen molar-refractivity contribution in [3.63, 3.8) is 0 Å². The van der Waals surface area contributed by atoms with Gasteiger partial charge in [0.2, 0.25) is 0 Å². The second-order valence-corrected chi connectivity index (χ2v) is 8.59. The van der Waals surface area contributed by atoms with Crippen molar-refractivity contribution in [3.8, 4) is 16.9 Å². The Hall–Kier alpha value is -3.42. The number of rotatable bonds is 8. The number of nitrogens with two attached hydrogens (primary N) is 1. The molecule has 2 heterocycles. The molecule has 1 aliphatic rings.